The molecule has 1 aromatic carbocycles. The molecule has 3 rings (SSSR count). The first-order valence-corrected chi connectivity index (χ1v) is 8.89. The van der Waals surface area contributed by atoms with E-state index in [9.17, 15) is 4.79 Å². The standard InChI is InChI=1S/C19H26N4O2/c1-25-12-11-22-15-17(14-20-22)21-19(24)23-10-6-5-9-18(23)13-16-7-3-2-4-8-16/h2-4,7-8,14-15,18H,5-6,9-13H2,1H3,(H,21,24)/t18-/m0/s1. The summed E-state index contributed by atoms with van der Waals surface area (Å²) < 4.78 is 6.82. The molecule has 0 radical (unpaired) electrons. The highest BCUT2D eigenvalue weighted by molar-refractivity contribution is 5.89. The minimum Gasteiger partial charge on any atom is -0.383 e. The summed E-state index contributed by atoms with van der Waals surface area (Å²) in [5.74, 6) is 0. The highest BCUT2D eigenvalue weighted by Gasteiger charge is 2.27. The summed E-state index contributed by atoms with van der Waals surface area (Å²) in [6, 6.07) is 10.6. The van der Waals surface area contributed by atoms with Crippen LogP contribution in [-0.2, 0) is 17.7 Å². The number of likely N-dealkylation sites (tertiary alicyclic amines) is 1. The van der Waals surface area contributed by atoms with Gasteiger partial charge in [-0.3, -0.25) is 4.68 Å². The predicted molar refractivity (Wildman–Crippen MR) is 97.6 cm³/mol. The molecule has 6 nitrogen and oxygen atoms in total. The summed E-state index contributed by atoms with van der Waals surface area (Å²) in [6.45, 7) is 2.08. The first kappa shape index (κ1) is 17.5. The number of carbonyl (C=O) groups is 1. The number of hydrogen-bond acceptors (Lipinski definition) is 3. The average Bonchev–Trinajstić information content (AvgIpc) is 3.08. The lowest BCUT2D eigenvalue weighted by Gasteiger charge is -2.35. The number of rotatable bonds is 6. The van der Waals surface area contributed by atoms with Crippen molar-refractivity contribution in [2.24, 2.45) is 0 Å². The molecule has 2 heterocycles. The molecule has 0 bridgehead atoms. The van der Waals surface area contributed by atoms with Crippen molar-refractivity contribution in [3.63, 3.8) is 0 Å². The van der Waals surface area contributed by atoms with E-state index in [-0.39, 0.29) is 12.1 Å². The fraction of sp³-hybridized carbons (Fsp3) is 0.474. The maximum absolute atomic E-state index is 12.7. The van der Waals surface area contributed by atoms with Gasteiger partial charge >= 0.3 is 6.03 Å². The van der Waals surface area contributed by atoms with Crippen LogP contribution in [0.1, 0.15) is 24.8 Å². The first-order chi connectivity index (χ1) is 12.3. The van der Waals surface area contributed by atoms with Crippen LogP contribution in [0.25, 0.3) is 0 Å². The number of anilines is 1. The Bertz CT molecular complexity index is 671. The number of aromatic nitrogens is 2. The Labute approximate surface area is 148 Å². The van der Waals surface area contributed by atoms with Crippen molar-refractivity contribution in [3.05, 3.63) is 48.3 Å². The van der Waals surface area contributed by atoms with Gasteiger partial charge in [-0.05, 0) is 31.2 Å². The Balaban J connectivity index is 1.61. The first-order valence-electron chi connectivity index (χ1n) is 8.89. The molecule has 1 atom stereocenters. The number of nitrogens with one attached hydrogen (secondary N) is 1. The zero-order valence-corrected chi connectivity index (χ0v) is 14.7. The van der Waals surface area contributed by atoms with Crippen LogP contribution in [0.5, 0.6) is 0 Å². The number of nitrogens with zero attached hydrogens (tertiary/aromatic N) is 3. The molecular formula is C19H26N4O2. The molecule has 0 aliphatic carbocycles. The number of methoxy groups -OCH3 is 1. The van der Waals surface area contributed by atoms with Crippen LogP contribution < -0.4 is 5.32 Å². The van der Waals surface area contributed by atoms with Crippen molar-refractivity contribution in [1.29, 1.82) is 0 Å². The third-order valence-electron chi connectivity index (χ3n) is 4.61. The number of benzene rings is 1. The van der Waals surface area contributed by atoms with Gasteiger partial charge in [0.2, 0.25) is 0 Å². The zero-order valence-electron chi connectivity index (χ0n) is 14.7. The summed E-state index contributed by atoms with van der Waals surface area (Å²) in [6.07, 6.45) is 7.72. The number of carbonyl (C=O) groups excluding carboxylic acids is 1. The molecule has 1 aromatic heterocycles. The number of ether oxygens (including phenoxy) is 1. The van der Waals surface area contributed by atoms with Gasteiger partial charge in [0.1, 0.15) is 0 Å². The molecule has 6 heteroatoms. The van der Waals surface area contributed by atoms with Gasteiger partial charge < -0.3 is 15.0 Å². The minimum atomic E-state index is -0.0353. The average molecular weight is 342 g/mol. The lowest BCUT2D eigenvalue weighted by atomic mass is 9.96. The van der Waals surface area contributed by atoms with Gasteiger partial charge in [0.15, 0.2) is 0 Å². The number of amides is 2. The van der Waals surface area contributed by atoms with Crippen LogP contribution in [0.3, 0.4) is 0 Å². The number of urea groups is 1. The van der Waals surface area contributed by atoms with Crippen LogP contribution >= 0.6 is 0 Å². The second kappa shape index (κ2) is 8.67. The molecule has 25 heavy (non-hydrogen) atoms. The molecule has 1 aliphatic rings. The van der Waals surface area contributed by atoms with Crippen LogP contribution in [0.15, 0.2) is 42.7 Å². The monoisotopic (exact) mass is 342 g/mol. The van der Waals surface area contributed by atoms with Gasteiger partial charge in [-0.1, -0.05) is 30.3 Å². The van der Waals surface area contributed by atoms with Crippen molar-refractivity contribution < 1.29 is 9.53 Å². The minimum absolute atomic E-state index is 0.0353. The van der Waals surface area contributed by atoms with Gasteiger partial charge in [-0.15, -0.1) is 0 Å². The molecular weight excluding hydrogens is 316 g/mol. The molecule has 1 fully saturated rings. The third-order valence-corrected chi connectivity index (χ3v) is 4.61. The normalized spacial score (nSPS) is 17.5. The van der Waals surface area contributed by atoms with Crippen LogP contribution in [0.4, 0.5) is 10.5 Å². The van der Waals surface area contributed by atoms with E-state index in [1.54, 1.807) is 18.0 Å². The summed E-state index contributed by atoms with van der Waals surface area (Å²) >= 11 is 0. The highest BCUT2D eigenvalue weighted by atomic mass is 16.5. The van der Waals surface area contributed by atoms with Crippen molar-refractivity contribution in [1.82, 2.24) is 14.7 Å². The van der Waals surface area contributed by atoms with Gasteiger partial charge in [0.25, 0.3) is 0 Å². The molecule has 1 aliphatic heterocycles. The van der Waals surface area contributed by atoms with E-state index in [0.29, 0.717) is 13.2 Å². The van der Waals surface area contributed by atoms with E-state index in [0.717, 1.165) is 31.5 Å². The van der Waals surface area contributed by atoms with Crippen LogP contribution in [0.2, 0.25) is 0 Å². The molecule has 134 valence electrons. The fourth-order valence-electron chi connectivity index (χ4n) is 3.30. The van der Waals surface area contributed by atoms with Gasteiger partial charge in [0.05, 0.1) is 25.0 Å². The SMILES string of the molecule is COCCn1cc(NC(=O)N2CCCC[C@H]2Cc2ccccc2)cn1. The lowest BCUT2D eigenvalue weighted by molar-refractivity contribution is 0.162. The molecule has 0 saturated carbocycles. The van der Waals surface area contributed by atoms with Crippen molar-refractivity contribution >= 4 is 11.7 Å². The van der Waals surface area contributed by atoms with E-state index in [1.165, 1.54) is 12.0 Å². The quantitative estimate of drug-likeness (QED) is 0.877. The van der Waals surface area contributed by atoms with Crippen molar-refractivity contribution in [2.45, 2.75) is 38.3 Å². The van der Waals surface area contributed by atoms with E-state index in [1.807, 2.05) is 17.2 Å². The Morgan fingerprint density at radius 3 is 2.96 bits per heavy atom. The molecule has 0 spiro atoms. The topological polar surface area (TPSA) is 59.4 Å². The second-order valence-corrected chi connectivity index (χ2v) is 6.45. The summed E-state index contributed by atoms with van der Waals surface area (Å²) in [7, 11) is 1.66. The van der Waals surface area contributed by atoms with Gasteiger partial charge in [-0.2, -0.15) is 5.10 Å². The fourth-order valence-corrected chi connectivity index (χ4v) is 3.30. The maximum Gasteiger partial charge on any atom is 0.322 e. The van der Waals surface area contributed by atoms with Gasteiger partial charge in [0, 0.05) is 25.9 Å². The largest absolute Gasteiger partial charge is 0.383 e. The van der Waals surface area contributed by atoms with E-state index in [4.69, 9.17) is 4.74 Å². The lowest BCUT2D eigenvalue weighted by Crippen LogP contribution is -2.46. The van der Waals surface area contributed by atoms with Gasteiger partial charge in [-0.25, -0.2) is 4.79 Å². The molecule has 2 aromatic rings. The maximum atomic E-state index is 12.7. The van der Waals surface area contributed by atoms with Crippen LogP contribution in [0, 0.1) is 0 Å². The highest BCUT2D eigenvalue weighted by Crippen LogP contribution is 2.22. The zero-order chi connectivity index (χ0) is 17.5. The Morgan fingerprint density at radius 2 is 2.16 bits per heavy atom. The number of piperidine rings is 1. The Morgan fingerprint density at radius 1 is 1.32 bits per heavy atom. The van der Waals surface area contributed by atoms with Crippen molar-refractivity contribution in [2.75, 3.05) is 25.6 Å². The molecule has 1 saturated heterocycles. The summed E-state index contributed by atoms with van der Waals surface area (Å²) in [5, 5.41) is 7.23. The number of hydrogen-bond donors (Lipinski definition) is 1. The predicted octanol–water partition coefficient (Wildman–Crippen LogP) is 3.16. The summed E-state index contributed by atoms with van der Waals surface area (Å²) in [4.78, 5) is 14.7. The van der Waals surface area contributed by atoms with Crippen molar-refractivity contribution in [3.8, 4) is 0 Å². The Hall–Kier alpha value is -2.34. The van der Waals surface area contributed by atoms with E-state index in [2.05, 4.69) is 34.7 Å². The second-order valence-electron chi connectivity index (χ2n) is 6.45. The van der Waals surface area contributed by atoms with E-state index >= 15 is 0 Å². The molecule has 1 N–H and O–H groups in total. The third kappa shape index (κ3) is 4.82. The summed E-state index contributed by atoms with van der Waals surface area (Å²) in [5.41, 5.74) is 2.00. The van der Waals surface area contributed by atoms with Crippen LogP contribution in [-0.4, -0.2) is 47.0 Å². The van der Waals surface area contributed by atoms with E-state index < -0.39 is 0 Å². The molecule has 2 amide bonds. The Kier molecular flexibility index (Phi) is 6.06. The smallest absolute Gasteiger partial charge is 0.322 e. The molecule has 0 unspecified atom stereocenters.